The zero-order chi connectivity index (χ0) is 31.8. The number of hydrogen-bond acceptors (Lipinski definition) is 10. The number of aromatic hydroxyl groups is 1. The van der Waals surface area contributed by atoms with Crippen LogP contribution in [0.25, 0.3) is 12.2 Å². The number of rotatable bonds is 17. The third-order valence-corrected chi connectivity index (χ3v) is 5.48. The zero-order valence-electron chi connectivity index (χ0n) is 24.5. The number of ether oxygens (including phenoxy) is 5. The Kier molecular flexibility index (Phi) is 14.0. The molecule has 0 aliphatic heterocycles. The summed E-state index contributed by atoms with van der Waals surface area (Å²) in [4.78, 5) is 35.8. The van der Waals surface area contributed by atoms with Crippen molar-refractivity contribution in [3.05, 3.63) is 101 Å². The highest BCUT2D eigenvalue weighted by molar-refractivity contribution is 6.02. The molecule has 10 heteroatoms. The molecule has 2 N–H and O–H groups in total. The Balaban J connectivity index is 2.16. The van der Waals surface area contributed by atoms with E-state index in [9.17, 15) is 24.6 Å². The molecule has 2 aromatic rings. The van der Waals surface area contributed by atoms with Crippen LogP contribution in [0.15, 0.2) is 84.7 Å². The first kappa shape index (κ1) is 34.1. The van der Waals surface area contributed by atoms with E-state index in [4.69, 9.17) is 23.7 Å². The fraction of sp³-hybridized carbons (Fsp3) is 0.242. The zero-order valence-corrected chi connectivity index (χ0v) is 24.5. The molecule has 0 saturated heterocycles. The molecular weight excluding hydrogens is 556 g/mol. The molecule has 228 valence electrons. The van der Waals surface area contributed by atoms with Crippen LogP contribution in [0.3, 0.4) is 0 Å². The van der Waals surface area contributed by atoms with Gasteiger partial charge in [0.15, 0.2) is 17.3 Å². The van der Waals surface area contributed by atoms with Gasteiger partial charge in [-0.3, -0.25) is 4.79 Å². The van der Waals surface area contributed by atoms with Gasteiger partial charge in [-0.2, -0.15) is 0 Å². The number of aliphatic hydroxyl groups excluding tert-OH is 1. The van der Waals surface area contributed by atoms with E-state index in [0.717, 1.165) is 0 Å². The van der Waals surface area contributed by atoms with Crippen LogP contribution < -0.4 is 9.47 Å². The molecule has 0 heterocycles. The minimum Gasteiger partial charge on any atom is -0.504 e. The van der Waals surface area contributed by atoms with Crippen LogP contribution in [0.4, 0.5) is 0 Å². The second-order valence-corrected chi connectivity index (χ2v) is 9.10. The Bertz CT molecular complexity index is 1410. The maximum Gasteiger partial charge on any atom is 0.333 e. The Hall–Kier alpha value is -5.09. The molecule has 0 atom stereocenters. The molecule has 0 aromatic heterocycles. The number of hydrogen-bond donors (Lipinski definition) is 2. The summed E-state index contributed by atoms with van der Waals surface area (Å²) < 4.78 is 26.5. The van der Waals surface area contributed by atoms with Gasteiger partial charge in [0, 0.05) is 22.8 Å². The monoisotopic (exact) mass is 592 g/mol. The fourth-order valence-electron chi connectivity index (χ4n) is 3.27. The topological polar surface area (TPSA) is 138 Å². The lowest BCUT2D eigenvalue weighted by molar-refractivity contribution is -0.140. The van der Waals surface area contributed by atoms with Crippen molar-refractivity contribution in [2.24, 2.45) is 0 Å². The SMILES string of the molecule is C=C(C)C(=O)OCCOC(=C\C(=O)/C=C/c1ccc(O)c(OC)c1)/C=C/c1ccc(OCCOC(=O)C(=C)C)c(CO)c1. The van der Waals surface area contributed by atoms with Crippen molar-refractivity contribution in [2.45, 2.75) is 20.5 Å². The van der Waals surface area contributed by atoms with Crippen LogP contribution in [0.5, 0.6) is 17.2 Å². The van der Waals surface area contributed by atoms with E-state index >= 15 is 0 Å². The molecule has 0 radical (unpaired) electrons. The Morgan fingerprint density at radius 3 is 2.00 bits per heavy atom. The van der Waals surface area contributed by atoms with Gasteiger partial charge in [0.05, 0.1) is 13.7 Å². The summed E-state index contributed by atoms with van der Waals surface area (Å²) in [5, 5.41) is 19.6. The molecule has 43 heavy (non-hydrogen) atoms. The molecule has 10 nitrogen and oxygen atoms in total. The summed E-state index contributed by atoms with van der Waals surface area (Å²) in [6, 6.07) is 9.75. The van der Waals surface area contributed by atoms with Gasteiger partial charge in [0.25, 0.3) is 0 Å². The number of carbonyl (C=O) groups excluding carboxylic acids is 3. The summed E-state index contributed by atoms with van der Waals surface area (Å²) >= 11 is 0. The molecule has 0 aliphatic carbocycles. The third kappa shape index (κ3) is 12.1. The maximum atomic E-state index is 12.7. The number of aliphatic hydroxyl groups is 1. The van der Waals surface area contributed by atoms with Crippen molar-refractivity contribution in [1.82, 2.24) is 0 Å². The molecule has 2 rings (SSSR count). The first-order chi connectivity index (χ1) is 20.5. The minimum absolute atomic E-state index is 0.0212. The standard InChI is InChI=1S/C33H36O10/c1-22(2)32(37)42-16-14-40-28(20-27(35)10-6-25-8-12-29(36)31(19-25)39-5)11-7-24-9-13-30(26(18-24)21-34)41-15-17-43-33(38)23(3)4/h6-13,18-20,34,36H,1,3,14-17,21H2,2,4-5H3/b10-6+,11-7+,28-20-. The van der Waals surface area contributed by atoms with Crippen molar-refractivity contribution in [3.63, 3.8) is 0 Å². The fourth-order valence-corrected chi connectivity index (χ4v) is 3.27. The van der Waals surface area contributed by atoms with E-state index in [1.54, 1.807) is 55.5 Å². The quantitative estimate of drug-likeness (QED) is 0.0874. The van der Waals surface area contributed by atoms with E-state index in [-0.39, 0.29) is 61.4 Å². The molecule has 0 unspecified atom stereocenters. The van der Waals surface area contributed by atoms with Crippen LogP contribution in [0, 0.1) is 0 Å². The summed E-state index contributed by atoms with van der Waals surface area (Å²) in [7, 11) is 1.43. The van der Waals surface area contributed by atoms with Crippen molar-refractivity contribution in [3.8, 4) is 17.2 Å². The molecule has 0 bridgehead atoms. The molecular formula is C33H36O10. The third-order valence-electron chi connectivity index (χ3n) is 5.48. The number of phenolic OH excluding ortho intramolecular Hbond substituents is 1. The second-order valence-electron chi connectivity index (χ2n) is 9.10. The first-order valence-electron chi connectivity index (χ1n) is 13.2. The molecule has 2 aromatic carbocycles. The second kappa shape index (κ2) is 17.7. The lowest BCUT2D eigenvalue weighted by Crippen LogP contribution is -2.13. The number of benzene rings is 2. The highest BCUT2D eigenvalue weighted by Crippen LogP contribution is 2.27. The average molecular weight is 593 g/mol. The first-order valence-corrected chi connectivity index (χ1v) is 13.2. The van der Waals surface area contributed by atoms with Crippen LogP contribution in [-0.2, 0) is 35.2 Å². The normalized spacial score (nSPS) is 11.3. The van der Waals surface area contributed by atoms with Gasteiger partial charge in [-0.1, -0.05) is 37.4 Å². The number of esters is 2. The molecule has 0 spiro atoms. The largest absolute Gasteiger partial charge is 0.504 e. The molecule has 0 aliphatic rings. The Labute approximate surface area is 250 Å². The lowest BCUT2D eigenvalue weighted by atomic mass is 10.1. The van der Waals surface area contributed by atoms with Crippen LogP contribution in [0.1, 0.15) is 30.5 Å². The van der Waals surface area contributed by atoms with Gasteiger partial charge < -0.3 is 33.9 Å². The number of methoxy groups -OCH3 is 1. The highest BCUT2D eigenvalue weighted by atomic mass is 16.6. The predicted octanol–water partition coefficient (Wildman–Crippen LogP) is 4.71. The van der Waals surface area contributed by atoms with E-state index in [1.807, 2.05) is 0 Å². The van der Waals surface area contributed by atoms with Gasteiger partial charge in [0.1, 0.15) is 37.9 Å². The summed E-state index contributed by atoms with van der Waals surface area (Å²) in [6.45, 7) is 9.84. The van der Waals surface area contributed by atoms with E-state index in [0.29, 0.717) is 22.4 Å². The number of phenols is 1. The van der Waals surface area contributed by atoms with Crippen molar-refractivity contribution in [1.29, 1.82) is 0 Å². The summed E-state index contributed by atoms with van der Waals surface area (Å²) in [6.07, 6.45) is 7.38. The van der Waals surface area contributed by atoms with Gasteiger partial charge >= 0.3 is 11.9 Å². The maximum absolute atomic E-state index is 12.7. The summed E-state index contributed by atoms with van der Waals surface area (Å²) in [5.41, 5.74) is 2.34. The van der Waals surface area contributed by atoms with E-state index < -0.39 is 17.7 Å². The summed E-state index contributed by atoms with van der Waals surface area (Å²) in [5.74, 6) is -0.601. The average Bonchev–Trinajstić information content (AvgIpc) is 2.99. The molecule has 0 saturated carbocycles. The van der Waals surface area contributed by atoms with Gasteiger partial charge in [-0.05, 0) is 61.4 Å². The van der Waals surface area contributed by atoms with Gasteiger partial charge in [0.2, 0.25) is 0 Å². The molecule has 0 fully saturated rings. The predicted molar refractivity (Wildman–Crippen MR) is 161 cm³/mol. The Morgan fingerprint density at radius 1 is 0.791 bits per heavy atom. The highest BCUT2D eigenvalue weighted by Gasteiger charge is 2.08. The van der Waals surface area contributed by atoms with E-state index in [2.05, 4.69) is 13.2 Å². The molecule has 0 amide bonds. The lowest BCUT2D eigenvalue weighted by Gasteiger charge is -2.11. The Morgan fingerprint density at radius 2 is 1.37 bits per heavy atom. The van der Waals surface area contributed by atoms with Crippen molar-refractivity contribution in [2.75, 3.05) is 33.5 Å². The number of allylic oxidation sites excluding steroid dienone is 3. The van der Waals surface area contributed by atoms with Crippen LogP contribution in [0.2, 0.25) is 0 Å². The number of carbonyl (C=O) groups is 3. The van der Waals surface area contributed by atoms with E-state index in [1.165, 1.54) is 32.3 Å². The number of ketones is 1. The van der Waals surface area contributed by atoms with Gasteiger partial charge in [-0.15, -0.1) is 0 Å². The van der Waals surface area contributed by atoms with Crippen molar-refractivity contribution < 1.29 is 48.3 Å². The smallest absolute Gasteiger partial charge is 0.333 e. The minimum atomic E-state index is -0.555. The van der Waals surface area contributed by atoms with Crippen LogP contribution in [-0.4, -0.2) is 61.5 Å². The van der Waals surface area contributed by atoms with Crippen molar-refractivity contribution >= 4 is 29.9 Å². The van der Waals surface area contributed by atoms with Crippen LogP contribution >= 0.6 is 0 Å². The van der Waals surface area contributed by atoms with Gasteiger partial charge in [-0.25, -0.2) is 9.59 Å².